The molecule has 0 atom stereocenters. The molecule has 4 amide bonds. The number of aromatic amines is 1. The minimum absolute atomic E-state index is 0.257. The highest BCUT2D eigenvalue weighted by molar-refractivity contribution is 6.08. The number of imidazole rings is 1. The molecular weight excluding hydrogens is 348 g/mol. The van der Waals surface area contributed by atoms with Crippen LogP contribution in [0.25, 0.3) is 11.4 Å². The van der Waals surface area contributed by atoms with E-state index in [2.05, 4.69) is 20.3 Å². The van der Waals surface area contributed by atoms with Crippen LogP contribution in [0.1, 0.15) is 25.2 Å². The minimum atomic E-state index is -0.978. The van der Waals surface area contributed by atoms with Crippen molar-refractivity contribution in [3.8, 4) is 11.4 Å². The molecule has 0 aliphatic carbocycles. The SMILES string of the molecule is CC1(C)NC(=O)N(CC(=O)N2CCc3nc(-c4cccnc4)[nH]c3C2)C1=O. The van der Waals surface area contributed by atoms with Crippen molar-refractivity contribution >= 4 is 17.8 Å². The second kappa shape index (κ2) is 6.19. The van der Waals surface area contributed by atoms with Gasteiger partial charge in [-0.25, -0.2) is 9.78 Å². The number of H-pyrrole nitrogens is 1. The molecule has 2 aromatic heterocycles. The number of pyridine rings is 1. The lowest BCUT2D eigenvalue weighted by atomic mass is 10.1. The summed E-state index contributed by atoms with van der Waals surface area (Å²) in [6, 6.07) is 3.22. The Kier molecular flexibility index (Phi) is 3.94. The predicted molar refractivity (Wildman–Crippen MR) is 95.3 cm³/mol. The molecule has 0 radical (unpaired) electrons. The first-order valence-corrected chi connectivity index (χ1v) is 8.75. The first kappa shape index (κ1) is 17.2. The number of hydrogen-bond donors (Lipinski definition) is 2. The number of amides is 4. The lowest BCUT2D eigenvalue weighted by Crippen LogP contribution is -2.45. The van der Waals surface area contributed by atoms with Crippen molar-refractivity contribution in [3.63, 3.8) is 0 Å². The third-order valence-electron chi connectivity index (χ3n) is 4.86. The molecule has 140 valence electrons. The summed E-state index contributed by atoms with van der Waals surface area (Å²) in [5, 5.41) is 2.58. The number of nitrogens with one attached hydrogen (secondary N) is 2. The third kappa shape index (κ3) is 3.05. The highest BCUT2D eigenvalue weighted by Crippen LogP contribution is 2.23. The monoisotopic (exact) mass is 368 g/mol. The van der Waals surface area contributed by atoms with Gasteiger partial charge in [0.15, 0.2) is 0 Å². The Balaban J connectivity index is 1.47. The van der Waals surface area contributed by atoms with E-state index >= 15 is 0 Å². The van der Waals surface area contributed by atoms with Gasteiger partial charge in [-0.05, 0) is 26.0 Å². The van der Waals surface area contributed by atoms with Gasteiger partial charge in [0.1, 0.15) is 17.9 Å². The van der Waals surface area contributed by atoms with E-state index in [1.807, 2.05) is 12.1 Å². The molecule has 2 N–H and O–H groups in total. The van der Waals surface area contributed by atoms with Crippen molar-refractivity contribution in [1.29, 1.82) is 0 Å². The van der Waals surface area contributed by atoms with Gasteiger partial charge < -0.3 is 15.2 Å². The Morgan fingerprint density at radius 3 is 2.81 bits per heavy atom. The number of hydrogen-bond acceptors (Lipinski definition) is 5. The van der Waals surface area contributed by atoms with Gasteiger partial charge >= 0.3 is 6.03 Å². The maximum atomic E-state index is 12.7. The molecule has 9 heteroatoms. The van der Waals surface area contributed by atoms with Crippen LogP contribution in [-0.2, 0) is 22.6 Å². The van der Waals surface area contributed by atoms with Crippen molar-refractivity contribution in [3.05, 3.63) is 35.9 Å². The molecule has 2 aliphatic heterocycles. The molecule has 1 fully saturated rings. The average molecular weight is 368 g/mol. The predicted octanol–water partition coefficient (Wildman–Crippen LogP) is 0.687. The zero-order valence-corrected chi connectivity index (χ0v) is 15.2. The van der Waals surface area contributed by atoms with Crippen LogP contribution in [0.2, 0.25) is 0 Å². The van der Waals surface area contributed by atoms with E-state index in [0.717, 1.165) is 27.7 Å². The molecule has 0 spiro atoms. The summed E-state index contributed by atoms with van der Waals surface area (Å²) in [5.74, 6) is 0.0663. The minimum Gasteiger partial charge on any atom is -0.340 e. The molecule has 27 heavy (non-hydrogen) atoms. The highest BCUT2D eigenvalue weighted by Gasteiger charge is 2.45. The van der Waals surface area contributed by atoms with Gasteiger partial charge in [0.2, 0.25) is 5.91 Å². The van der Waals surface area contributed by atoms with Crippen LogP contribution < -0.4 is 5.32 Å². The molecule has 2 aromatic rings. The maximum absolute atomic E-state index is 12.7. The largest absolute Gasteiger partial charge is 0.340 e. The van der Waals surface area contributed by atoms with E-state index in [9.17, 15) is 14.4 Å². The number of carbonyl (C=O) groups excluding carboxylic acids is 3. The second-order valence-electron chi connectivity index (χ2n) is 7.26. The first-order chi connectivity index (χ1) is 12.8. The Bertz CT molecular complexity index is 920. The van der Waals surface area contributed by atoms with Crippen LogP contribution in [-0.4, -0.2) is 61.2 Å². The standard InChI is InChI=1S/C18H20N6O3/c1-18(2)16(26)24(17(27)22-18)10-14(25)23-7-5-12-13(9-23)21-15(20-12)11-4-3-6-19-8-11/h3-4,6,8H,5,7,9-10H2,1-2H3,(H,20,21)(H,22,27). The number of carbonyl (C=O) groups is 3. The molecule has 2 aliphatic rings. The molecular formula is C18H20N6O3. The van der Waals surface area contributed by atoms with E-state index < -0.39 is 11.6 Å². The second-order valence-corrected chi connectivity index (χ2v) is 7.26. The molecule has 4 heterocycles. The molecule has 1 saturated heterocycles. The molecule has 0 unspecified atom stereocenters. The van der Waals surface area contributed by atoms with E-state index in [0.29, 0.717) is 19.5 Å². The quantitative estimate of drug-likeness (QED) is 0.774. The van der Waals surface area contributed by atoms with Gasteiger partial charge in [-0.3, -0.25) is 19.5 Å². The van der Waals surface area contributed by atoms with Gasteiger partial charge in [-0.1, -0.05) is 0 Å². The van der Waals surface area contributed by atoms with E-state index in [1.165, 1.54) is 0 Å². The third-order valence-corrected chi connectivity index (χ3v) is 4.86. The normalized spacial score (nSPS) is 18.4. The van der Waals surface area contributed by atoms with Crippen LogP contribution in [0.15, 0.2) is 24.5 Å². The summed E-state index contributed by atoms with van der Waals surface area (Å²) >= 11 is 0. The van der Waals surface area contributed by atoms with Crippen molar-refractivity contribution in [2.45, 2.75) is 32.4 Å². The van der Waals surface area contributed by atoms with Crippen molar-refractivity contribution < 1.29 is 14.4 Å². The van der Waals surface area contributed by atoms with Crippen molar-refractivity contribution in [1.82, 2.24) is 30.1 Å². The number of urea groups is 1. The summed E-state index contributed by atoms with van der Waals surface area (Å²) in [7, 11) is 0. The van der Waals surface area contributed by atoms with Crippen LogP contribution >= 0.6 is 0 Å². The number of imide groups is 1. The van der Waals surface area contributed by atoms with Crippen LogP contribution in [0, 0.1) is 0 Å². The van der Waals surface area contributed by atoms with Crippen molar-refractivity contribution in [2.75, 3.05) is 13.1 Å². The highest BCUT2D eigenvalue weighted by atomic mass is 16.2. The van der Waals surface area contributed by atoms with Gasteiger partial charge in [0.05, 0.1) is 17.9 Å². The molecule has 9 nitrogen and oxygen atoms in total. The zero-order chi connectivity index (χ0) is 19.2. The Morgan fingerprint density at radius 2 is 2.15 bits per heavy atom. The molecule has 0 saturated carbocycles. The maximum Gasteiger partial charge on any atom is 0.325 e. The van der Waals surface area contributed by atoms with Crippen LogP contribution in [0.5, 0.6) is 0 Å². The molecule has 4 rings (SSSR count). The Morgan fingerprint density at radius 1 is 1.33 bits per heavy atom. The number of nitrogens with zero attached hydrogens (tertiary/aromatic N) is 4. The summed E-state index contributed by atoms with van der Waals surface area (Å²) in [5.41, 5.74) is 1.69. The fourth-order valence-electron chi connectivity index (χ4n) is 3.34. The van der Waals surface area contributed by atoms with Crippen LogP contribution in [0.3, 0.4) is 0 Å². The van der Waals surface area contributed by atoms with E-state index in [4.69, 9.17) is 0 Å². The zero-order valence-electron chi connectivity index (χ0n) is 15.2. The summed E-state index contributed by atoms with van der Waals surface area (Å²) in [6.45, 7) is 3.85. The Labute approximate surface area is 155 Å². The topological polar surface area (TPSA) is 111 Å². The lowest BCUT2D eigenvalue weighted by Gasteiger charge is -2.27. The van der Waals surface area contributed by atoms with Gasteiger partial charge in [0, 0.05) is 30.9 Å². The summed E-state index contributed by atoms with van der Waals surface area (Å²) < 4.78 is 0. The van der Waals surface area contributed by atoms with Crippen LogP contribution in [0.4, 0.5) is 4.79 Å². The van der Waals surface area contributed by atoms with Crippen molar-refractivity contribution in [2.24, 2.45) is 0 Å². The van der Waals surface area contributed by atoms with Gasteiger partial charge in [0.25, 0.3) is 5.91 Å². The fourth-order valence-corrected chi connectivity index (χ4v) is 3.34. The number of rotatable bonds is 3. The lowest BCUT2D eigenvalue weighted by molar-refractivity contribution is -0.139. The first-order valence-electron chi connectivity index (χ1n) is 8.75. The summed E-state index contributed by atoms with van der Waals surface area (Å²) in [4.78, 5) is 51.5. The fraction of sp³-hybridized carbons (Fsp3) is 0.389. The van der Waals surface area contributed by atoms with Gasteiger partial charge in [-0.15, -0.1) is 0 Å². The smallest absolute Gasteiger partial charge is 0.325 e. The number of fused-ring (bicyclic) bond motifs is 1. The summed E-state index contributed by atoms with van der Waals surface area (Å²) in [6.07, 6.45) is 4.04. The Hall–Kier alpha value is -3.23. The van der Waals surface area contributed by atoms with Gasteiger partial charge in [-0.2, -0.15) is 0 Å². The molecule has 0 aromatic carbocycles. The molecule has 0 bridgehead atoms. The number of aromatic nitrogens is 3. The van der Waals surface area contributed by atoms with E-state index in [-0.39, 0.29) is 18.4 Å². The van der Waals surface area contributed by atoms with E-state index in [1.54, 1.807) is 31.1 Å². The average Bonchev–Trinajstić information content (AvgIpc) is 3.16.